The molecule has 0 unspecified atom stereocenters. The van der Waals surface area contributed by atoms with Crippen LogP contribution in [0.5, 0.6) is 0 Å². The lowest BCUT2D eigenvalue weighted by Gasteiger charge is -2.34. The van der Waals surface area contributed by atoms with Crippen molar-refractivity contribution in [3.63, 3.8) is 0 Å². The highest BCUT2D eigenvalue weighted by molar-refractivity contribution is 5.14. The fraction of sp³-hybridized carbons (Fsp3) is 0.727. The highest BCUT2D eigenvalue weighted by Crippen LogP contribution is 2.23. The van der Waals surface area contributed by atoms with Gasteiger partial charge in [0.2, 0.25) is 0 Å². The van der Waals surface area contributed by atoms with E-state index in [4.69, 9.17) is 0 Å². The van der Waals surface area contributed by atoms with Crippen molar-refractivity contribution in [2.45, 2.75) is 45.6 Å². The summed E-state index contributed by atoms with van der Waals surface area (Å²) in [5, 5.41) is 0. The first kappa shape index (κ1) is 18.9. The van der Waals surface area contributed by atoms with Crippen LogP contribution >= 0.6 is 0 Å². The number of piperidine rings is 1. The molecule has 2 fully saturated rings. The molecule has 1 aromatic carbocycles. The molecule has 1 aromatic rings. The Morgan fingerprint density at radius 2 is 1.48 bits per heavy atom. The lowest BCUT2D eigenvalue weighted by Crippen LogP contribution is -2.46. The van der Waals surface area contributed by atoms with Crippen molar-refractivity contribution in [3.8, 4) is 0 Å². The van der Waals surface area contributed by atoms with Gasteiger partial charge in [-0.05, 0) is 56.9 Å². The Kier molecular flexibility index (Phi) is 7.78. The zero-order chi connectivity index (χ0) is 17.3. The number of likely N-dealkylation sites (tertiary alicyclic amines) is 1. The molecule has 25 heavy (non-hydrogen) atoms. The SMILES string of the molecule is CCN1CCN(CCCCC2CCN(Cc3ccccc3)CC2)CC1. The number of nitrogens with zero attached hydrogens (tertiary/aromatic N) is 3. The number of rotatable bonds is 8. The van der Waals surface area contributed by atoms with Crippen LogP contribution in [0.4, 0.5) is 0 Å². The van der Waals surface area contributed by atoms with Gasteiger partial charge in [0.05, 0.1) is 0 Å². The molecule has 2 heterocycles. The Hall–Kier alpha value is -0.900. The van der Waals surface area contributed by atoms with E-state index >= 15 is 0 Å². The summed E-state index contributed by atoms with van der Waals surface area (Å²) >= 11 is 0. The normalized spacial score (nSPS) is 21.6. The van der Waals surface area contributed by atoms with Gasteiger partial charge in [0.25, 0.3) is 0 Å². The quantitative estimate of drug-likeness (QED) is 0.666. The molecule has 3 heteroatoms. The molecule has 0 N–H and O–H groups in total. The molecule has 0 aromatic heterocycles. The van der Waals surface area contributed by atoms with E-state index in [0.717, 1.165) is 12.5 Å². The molecule has 2 aliphatic heterocycles. The van der Waals surface area contributed by atoms with Crippen LogP contribution in [-0.4, -0.2) is 67.1 Å². The minimum Gasteiger partial charge on any atom is -0.301 e. The average molecular weight is 344 g/mol. The lowest BCUT2D eigenvalue weighted by molar-refractivity contribution is 0.133. The van der Waals surface area contributed by atoms with Gasteiger partial charge in [-0.2, -0.15) is 0 Å². The molecule has 3 rings (SSSR count). The molecule has 2 aliphatic rings. The molecule has 0 saturated carbocycles. The number of likely N-dealkylation sites (N-methyl/N-ethyl adjacent to an activating group) is 1. The Morgan fingerprint density at radius 3 is 2.16 bits per heavy atom. The number of hydrogen-bond acceptors (Lipinski definition) is 3. The van der Waals surface area contributed by atoms with E-state index in [1.165, 1.54) is 90.0 Å². The van der Waals surface area contributed by atoms with Crippen LogP contribution in [-0.2, 0) is 6.54 Å². The molecule has 2 saturated heterocycles. The topological polar surface area (TPSA) is 9.72 Å². The van der Waals surface area contributed by atoms with E-state index in [2.05, 4.69) is 52.0 Å². The first-order valence-electron chi connectivity index (χ1n) is 10.5. The van der Waals surface area contributed by atoms with E-state index in [9.17, 15) is 0 Å². The summed E-state index contributed by atoms with van der Waals surface area (Å²) in [5.41, 5.74) is 1.46. The van der Waals surface area contributed by atoms with E-state index in [-0.39, 0.29) is 0 Å². The molecule has 0 aliphatic carbocycles. The van der Waals surface area contributed by atoms with Gasteiger partial charge in [-0.15, -0.1) is 0 Å². The molecule has 0 bridgehead atoms. The van der Waals surface area contributed by atoms with Crippen molar-refractivity contribution in [2.75, 3.05) is 52.4 Å². The van der Waals surface area contributed by atoms with E-state index in [0.29, 0.717) is 0 Å². The first-order valence-corrected chi connectivity index (χ1v) is 10.5. The van der Waals surface area contributed by atoms with Gasteiger partial charge < -0.3 is 9.80 Å². The molecule has 0 spiro atoms. The van der Waals surface area contributed by atoms with Gasteiger partial charge >= 0.3 is 0 Å². The standard InChI is InChI=1S/C22H37N3/c1-2-23-16-18-24(19-17-23)13-7-6-8-21-11-14-25(15-12-21)20-22-9-4-3-5-10-22/h3-5,9-10,21H,2,6-8,11-20H2,1H3. The van der Waals surface area contributed by atoms with Crippen molar-refractivity contribution in [3.05, 3.63) is 35.9 Å². The lowest BCUT2D eigenvalue weighted by atomic mass is 9.91. The Labute approximate surface area is 155 Å². The predicted molar refractivity (Wildman–Crippen MR) is 107 cm³/mol. The van der Waals surface area contributed by atoms with Crippen molar-refractivity contribution in [1.82, 2.24) is 14.7 Å². The zero-order valence-corrected chi connectivity index (χ0v) is 16.2. The third-order valence-electron chi connectivity index (χ3n) is 6.20. The van der Waals surface area contributed by atoms with Crippen molar-refractivity contribution < 1.29 is 0 Å². The summed E-state index contributed by atoms with van der Waals surface area (Å²) in [7, 11) is 0. The van der Waals surface area contributed by atoms with Gasteiger partial charge in [0.15, 0.2) is 0 Å². The summed E-state index contributed by atoms with van der Waals surface area (Å²) in [6.45, 7) is 13.7. The monoisotopic (exact) mass is 343 g/mol. The second kappa shape index (κ2) is 10.3. The fourth-order valence-corrected chi connectivity index (χ4v) is 4.37. The minimum absolute atomic E-state index is 0.976. The molecule has 0 radical (unpaired) electrons. The minimum atomic E-state index is 0.976. The van der Waals surface area contributed by atoms with E-state index in [1.54, 1.807) is 0 Å². The van der Waals surface area contributed by atoms with Crippen LogP contribution in [0, 0.1) is 5.92 Å². The summed E-state index contributed by atoms with van der Waals surface area (Å²) in [6.07, 6.45) is 7.09. The highest BCUT2D eigenvalue weighted by atomic mass is 15.3. The van der Waals surface area contributed by atoms with Crippen LogP contribution in [0.1, 0.15) is 44.6 Å². The van der Waals surface area contributed by atoms with Gasteiger partial charge in [-0.3, -0.25) is 4.90 Å². The first-order chi connectivity index (χ1) is 12.3. The summed E-state index contributed by atoms with van der Waals surface area (Å²) in [4.78, 5) is 7.88. The van der Waals surface area contributed by atoms with Crippen LogP contribution in [0.25, 0.3) is 0 Å². The third kappa shape index (κ3) is 6.40. The number of benzene rings is 1. The largest absolute Gasteiger partial charge is 0.301 e. The highest BCUT2D eigenvalue weighted by Gasteiger charge is 2.19. The maximum Gasteiger partial charge on any atom is 0.0233 e. The molecular weight excluding hydrogens is 306 g/mol. The Morgan fingerprint density at radius 1 is 0.800 bits per heavy atom. The molecule has 140 valence electrons. The summed E-state index contributed by atoms with van der Waals surface area (Å²) < 4.78 is 0. The fourth-order valence-electron chi connectivity index (χ4n) is 4.37. The van der Waals surface area contributed by atoms with E-state index < -0.39 is 0 Å². The van der Waals surface area contributed by atoms with Crippen LogP contribution in [0.3, 0.4) is 0 Å². The third-order valence-corrected chi connectivity index (χ3v) is 6.20. The van der Waals surface area contributed by atoms with E-state index in [1.807, 2.05) is 0 Å². The molecule has 3 nitrogen and oxygen atoms in total. The van der Waals surface area contributed by atoms with Crippen LogP contribution < -0.4 is 0 Å². The van der Waals surface area contributed by atoms with Gasteiger partial charge in [0.1, 0.15) is 0 Å². The average Bonchev–Trinajstić information content (AvgIpc) is 2.68. The van der Waals surface area contributed by atoms with Gasteiger partial charge in [-0.1, -0.05) is 50.1 Å². The predicted octanol–water partition coefficient (Wildman–Crippen LogP) is 3.71. The molecule has 0 atom stereocenters. The van der Waals surface area contributed by atoms with Crippen molar-refractivity contribution >= 4 is 0 Å². The zero-order valence-electron chi connectivity index (χ0n) is 16.2. The number of hydrogen-bond donors (Lipinski definition) is 0. The Balaban J connectivity index is 1.24. The van der Waals surface area contributed by atoms with Gasteiger partial charge in [-0.25, -0.2) is 0 Å². The maximum atomic E-state index is 2.68. The number of piperazine rings is 1. The maximum absolute atomic E-state index is 2.68. The van der Waals surface area contributed by atoms with Crippen molar-refractivity contribution in [2.24, 2.45) is 5.92 Å². The van der Waals surface area contributed by atoms with Crippen molar-refractivity contribution in [1.29, 1.82) is 0 Å². The molecule has 0 amide bonds. The Bertz CT molecular complexity index is 459. The number of unbranched alkanes of at least 4 members (excludes halogenated alkanes) is 1. The smallest absolute Gasteiger partial charge is 0.0233 e. The molecular formula is C22H37N3. The van der Waals surface area contributed by atoms with Crippen LogP contribution in [0.2, 0.25) is 0 Å². The summed E-state index contributed by atoms with van der Waals surface area (Å²) in [5.74, 6) is 0.976. The second-order valence-corrected chi connectivity index (χ2v) is 7.98. The second-order valence-electron chi connectivity index (χ2n) is 7.98. The van der Waals surface area contributed by atoms with Crippen LogP contribution in [0.15, 0.2) is 30.3 Å². The summed E-state index contributed by atoms with van der Waals surface area (Å²) in [6, 6.07) is 10.9. The van der Waals surface area contributed by atoms with Gasteiger partial charge in [0, 0.05) is 32.7 Å².